The predicted octanol–water partition coefficient (Wildman–Crippen LogP) is 2.28. The van der Waals surface area contributed by atoms with E-state index in [-0.39, 0.29) is 23.6 Å². The molecule has 0 bridgehead atoms. The Bertz CT molecular complexity index is 1210. The summed E-state index contributed by atoms with van der Waals surface area (Å²) in [5.74, 6) is 0.201. The maximum Gasteiger partial charge on any atom is 0.257 e. The van der Waals surface area contributed by atoms with Gasteiger partial charge in [-0.3, -0.25) is 4.68 Å². The average Bonchev–Trinajstić information content (AvgIpc) is 3.32. The Kier molecular flexibility index (Phi) is 4.20. The Hall–Kier alpha value is -3.16. The number of hydrogen-bond acceptors (Lipinski definition) is 8. The van der Waals surface area contributed by atoms with Gasteiger partial charge in [-0.25, -0.2) is 4.98 Å². The van der Waals surface area contributed by atoms with Crippen LogP contribution in [0, 0.1) is 11.3 Å². The molecule has 10 heteroatoms. The average molecular weight is 414 g/mol. The maximum atomic E-state index is 10.3. The van der Waals surface area contributed by atoms with Gasteiger partial charge < -0.3 is 24.5 Å². The molecule has 0 unspecified atom stereocenters. The van der Waals surface area contributed by atoms with Crippen LogP contribution in [0.2, 0.25) is 0 Å². The predicted molar refractivity (Wildman–Crippen MR) is 110 cm³/mol. The quantitative estimate of drug-likeness (QED) is 0.604. The summed E-state index contributed by atoms with van der Waals surface area (Å²) < 4.78 is 36.6. The van der Waals surface area contributed by atoms with Gasteiger partial charge in [0.1, 0.15) is 29.2 Å². The van der Waals surface area contributed by atoms with E-state index in [1.165, 1.54) is 6.20 Å². The van der Waals surface area contributed by atoms with Gasteiger partial charge >= 0.3 is 0 Å². The number of nitriles is 1. The second-order valence-electron chi connectivity index (χ2n) is 7.71. The van der Waals surface area contributed by atoms with Gasteiger partial charge in [-0.15, -0.1) is 5.10 Å². The van der Waals surface area contributed by atoms with Crippen LogP contribution in [0.4, 0.5) is 11.6 Å². The van der Waals surface area contributed by atoms with Crippen LogP contribution in [-0.4, -0.2) is 54.8 Å². The van der Waals surface area contributed by atoms with Crippen molar-refractivity contribution in [2.75, 3.05) is 19.0 Å². The highest BCUT2D eigenvalue weighted by atomic mass is 16.5. The lowest BCUT2D eigenvalue weighted by Crippen LogP contribution is -2.52. The van der Waals surface area contributed by atoms with Crippen LogP contribution < -0.4 is 10.1 Å². The zero-order valence-electron chi connectivity index (χ0n) is 20.0. The topological polar surface area (TPSA) is 123 Å². The summed E-state index contributed by atoms with van der Waals surface area (Å²) in [5, 5.41) is 27.5. The molecule has 0 saturated heterocycles. The summed E-state index contributed by atoms with van der Waals surface area (Å²) >= 11 is 0. The van der Waals surface area contributed by atoms with Crippen molar-refractivity contribution in [3.63, 3.8) is 0 Å². The van der Waals surface area contributed by atoms with Gasteiger partial charge in [-0.05, 0) is 32.8 Å². The van der Waals surface area contributed by atoms with Crippen LogP contribution in [0.3, 0.4) is 0 Å². The van der Waals surface area contributed by atoms with E-state index in [0.29, 0.717) is 36.2 Å². The summed E-state index contributed by atoms with van der Waals surface area (Å²) in [6.45, 7) is 1.44. The minimum absolute atomic E-state index is 0.0284. The van der Waals surface area contributed by atoms with E-state index in [1.807, 2.05) is 6.92 Å². The number of nitrogens with zero attached hydrogens (tertiary/aromatic N) is 6. The van der Waals surface area contributed by atoms with Crippen LogP contribution in [0.25, 0.3) is 11.0 Å². The highest BCUT2D eigenvalue weighted by Crippen LogP contribution is 2.37. The number of aliphatic hydroxyl groups is 1. The Balaban J connectivity index is 1.70. The van der Waals surface area contributed by atoms with Crippen molar-refractivity contribution < 1.29 is 18.7 Å². The van der Waals surface area contributed by atoms with Gasteiger partial charge in [0, 0.05) is 29.8 Å². The first-order chi connectivity index (χ1) is 15.5. The Morgan fingerprint density at radius 2 is 2.40 bits per heavy atom. The fraction of sp³-hybridized carbons (Fsp3) is 0.500. The molecule has 0 spiro atoms. The third-order valence-electron chi connectivity index (χ3n) is 5.33. The van der Waals surface area contributed by atoms with Crippen molar-refractivity contribution in [1.29, 1.82) is 5.26 Å². The van der Waals surface area contributed by atoms with E-state index in [9.17, 15) is 10.4 Å². The highest BCUT2D eigenvalue weighted by molar-refractivity contribution is 5.79. The number of methoxy groups -OCH3 is 1. The van der Waals surface area contributed by atoms with E-state index in [0.717, 1.165) is 4.68 Å². The Labute approximate surface area is 178 Å². The molecular weight excluding hydrogens is 386 g/mol. The molecule has 3 aromatic rings. The maximum absolute atomic E-state index is 10.3. The van der Waals surface area contributed by atoms with Gasteiger partial charge in [0.15, 0.2) is 0 Å². The fourth-order valence-corrected chi connectivity index (χ4v) is 3.57. The second kappa shape index (κ2) is 7.59. The lowest BCUT2D eigenvalue weighted by atomic mass is 9.79. The monoisotopic (exact) mass is 414 g/mol. The molecule has 2 N–H and O–H groups in total. The standard InChI is InChI=1S/C20H25N7O3/c1-12(11-29-4)27-14(8-21)7-13-9-22-19(24-17(13)27)23-15-10-26(3)25-18(15)30-16-5-6-20(16,2)28/h7,9-10,12,16,28H,5-6,11H2,1-4H3,(H,22,23,24)/t12-,16-,20-/m0/s1/i3D3. The van der Waals surface area contributed by atoms with Crippen LogP contribution in [0.15, 0.2) is 18.5 Å². The number of nitrogens with one attached hydrogen (secondary N) is 1. The van der Waals surface area contributed by atoms with E-state index in [1.54, 1.807) is 30.9 Å². The lowest BCUT2D eigenvalue weighted by Gasteiger charge is -2.41. The molecule has 3 aromatic heterocycles. The molecule has 1 aliphatic carbocycles. The number of ether oxygens (including phenoxy) is 2. The molecule has 0 aromatic carbocycles. The van der Waals surface area contributed by atoms with Crippen molar-refractivity contribution in [2.24, 2.45) is 6.98 Å². The second-order valence-corrected chi connectivity index (χ2v) is 7.71. The van der Waals surface area contributed by atoms with E-state index in [4.69, 9.17) is 13.6 Å². The van der Waals surface area contributed by atoms with Gasteiger partial charge in [-0.1, -0.05) is 0 Å². The van der Waals surface area contributed by atoms with E-state index in [2.05, 4.69) is 26.5 Å². The number of aromatic nitrogens is 5. The molecule has 158 valence electrons. The smallest absolute Gasteiger partial charge is 0.257 e. The molecule has 4 rings (SSSR count). The first-order valence-corrected chi connectivity index (χ1v) is 9.56. The van der Waals surface area contributed by atoms with Gasteiger partial charge in [0.05, 0.1) is 24.4 Å². The number of fused-ring (bicyclic) bond motifs is 1. The van der Waals surface area contributed by atoms with E-state index < -0.39 is 18.7 Å². The minimum Gasteiger partial charge on any atom is -0.469 e. The van der Waals surface area contributed by atoms with Crippen molar-refractivity contribution in [1.82, 2.24) is 24.3 Å². The Morgan fingerprint density at radius 1 is 1.57 bits per heavy atom. The lowest BCUT2D eigenvalue weighted by molar-refractivity contribution is -0.119. The van der Waals surface area contributed by atoms with Gasteiger partial charge in [0.2, 0.25) is 5.95 Å². The van der Waals surface area contributed by atoms with Crippen molar-refractivity contribution in [2.45, 2.75) is 44.4 Å². The summed E-state index contributed by atoms with van der Waals surface area (Å²) in [4.78, 5) is 8.84. The third-order valence-corrected chi connectivity index (χ3v) is 5.33. The Morgan fingerprint density at radius 3 is 3.03 bits per heavy atom. The molecule has 3 heterocycles. The molecule has 0 aliphatic heterocycles. The molecule has 1 aliphatic rings. The first kappa shape index (κ1) is 16.6. The van der Waals surface area contributed by atoms with Gasteiger partial charge in [0.25, 0.3) is 5.88 Å². The van der Waals surface area contributed by atoms with Gasteiger partial charge in [-0.2, -0.15) is 10.2 Å². The summed E-state index contributed by atoms with van der Waals surface area (Å²) in [6.07, 6.45) is 3.56. The molecule has 3 atom stereocenters. The van der Waals surface area contributed by atoms with Crippen LogP contribution in [0.1, 0.15) is 42.5 Å². The largest absolute Gasteiger partial charge is 0.469 e. The van der Waals surface area contributed by atoms with Crippen molar-refractivity contribution >= 4 is 22.7 Å². The number of rotatable bonds is 7. The number of aryl methyl sites for hydroxylation is 1. The van der Waals surface area contributed by atoms with Crippen LogP contribution >= 0.6 is 0 Å². The number of anilines is 2. The molecule has 30 heavy (non-hydrogen) atoms. The zero-order valence-corrected chi connectivity index (χ0v) is 17.0. The van der Waals surface area contributed by atoms with Crippen LogP contribution in [0.5, 0.6) is 5.88 Å². The van der Waals surface area contributed by atoms with E-state index >= 15 is 0 Å². The highest BCUT2D eigenvalue weighted by Gasteiger charge is 2.43. The SMILES string of the molecule is [2H]C([2H])([2H])n1cc(Nc2ncc3cc(C#N)n([C@@H](C)COC)c3n2)c(O[C@H]2CC[C@]2(C)O)n1. The zero-order chi connectivity index (χ0) is 24.0. The van der Waals surface area contributed by atoms with Crippen molar-refractivity contribution in [3.05, 3.63) is 24.2 Å². The summed E-state index contributed by atoms with van der Waals surface area (Å²) in [6, 6.07) is 3.71. The summed E-state index contributed by atoms with van der Waals surface area (Å²) in [7, 11) is 1.58. The molecule has 1 fully saturated rings. The van der Waals surface area contributed by atoms with Crippen LogP contribution in [-0.2, 0) is 11.7 Å². The molecule has 0 amide bonds. The third kappa shape index (κ3) is 3.58. The first-order valence-electron chi connectivity index (χ1n) is 11.1. The molecule has 10 nitrogen and oxygen atoms in total. The van der Waals surface area contributed by atoms with Crippen molar-refractivity contribution in [3.8, 4) is 11.9 Å². The minimum atomic E-state index is -2.52. The summed E-state index contributed by atoms with van der Waals surface area (Å²) in [5.41, 5.74) is 0.188. The number of hydrogen-bond donors (Lipinski definition) is 2. The molecule has 1 saturated carbocycles. The normalized spacial score (nSPS) is 23.7. The molecular formula is C20H25N7O3. The fourth-order valence-electron chi connectivity index (χ4n) is 3.57. The molecule has 0 radical (unpaired) electrons.